The molecule has 17 heavy (non-hydrogen) atoms. The lowest BCUT2D eigenvalue weighted by atomic mass is 10.5. The van der Waals surface area contributed by atoms with E-state index in [0.29, 0.717) is 0 Å². The summed E-state index contributed by atoms with van der Waals surface area (Å²) in [6.07, 6.45) is -1.48. The third-order valence-electron chi connectivity index (χ3n) is 0.833. The molecule has 0 aromatic carbocycles. The number of rotatable bonds is 4. The monoisotopic (exact) mass is 254 g/mol. The van der Waals surface area contributed by atoms with Crippen molar-refractivity contribution in [1.82, 2.24) is 0 Å². The van der Waals surface area contributed by atoms with Crippen LogP contribution in [0.3, 0.4) is 0 Å². The van der Waals surface area contributed by atoms with Crippen LogP contribution in [-0.2, 0) is 9.53 Å². The number of hydrogen-bond donors (Lipinski definition) is 5. The molecule has 0 aliphatic carbocycles. The summed E-state index contributed by atoms with van der Waals surface area (Å²) in [7, 11) is 0. The van der Waals surface area contributed by atoms with Crippen molar-refractivity contribution >= 4 is 5.97 Å². The Bertz CT molecular complexity index is 171. The summed E-state index contributed by atoms with van der Waals surface area (Å²) < 4.78 is 4.36. The second-order valence-corrected chi connectivity index (χ2v) is 2.91. The van der Waals surface area contributed by atoms with Gasteiger partial charge in [0, 0.05) is 6.08 Å². The Kier molecular flexibility index (Phi) is 18.8. The molecule has 0 saturated heterocycles. The lowest BCUT2D eigenvalue weighted by Gasteiger charge is -2.07. The van der Waals surface area contributed by atoms with Gasteiger partial charge in [0.25, 0.3) is 0 Å². The van der Waals surface area contributed by atoms with E-state index in [1.165, 1.54) is 20.8 Å². The van der Waals surface area contributed by atoms with Gasteiger partial charge in [-0.25, -0.2) is 4.79 Å². The third kappa shape index (κ3) is 51.7. The molecule has 0 spiro atoms. The second kappa shape index (κ2) is 15.0. The molecule has 104 valence electrons. The summed E-state index contributed by atoms with van der Waals surface area (Å²) in [6.45, 7) is 7.22. The minimum atomic E-state index is -0.981. The number of carboxylic acid groups (broad SMARTS) is 1. The topological polar surface area (TPSA) is 127 Å². The lowest BCUT2D eigenvalue weighted by Crippen LogP contribution is -2.14. The zero-order valence-corrected chi connectivity index (χ0v) is 10.3. The highest BCUT2D eigenvalue weighted by atomic mass is 16.7. The molecule has 0 aromatic rings. The fourth-order valence-electron chi connectivity index (χ4n) is 0.285. The maximum atomic E-state index is 9.25. The van der Waals surface area contributed by atoms with Crippen molar-refractivity contribution in [3.63, 3.8) is 0 Å². The molecule has 0 amide bonds. The first-order valence-electron chi connectivity index (χ1n) is 4.83. The SMILES string of the molecule is C=CC(=O)O.CC(O)CO.CC(O)OC(C)O. The van der Waals surface area contributed by atoms with Crippen molar-refractivity contribution < 1.29 is 35.1 Å². The normalized spacial score (nSPS) is 14.1. The van der Waals surface area contributed by atoms with Gasteiger partial charge < -0.3 is 30.3 Å². The van der Waals surface area contributed by atoms with Crippen LogP contribution in [0.15, 0.2) is 12.7 Å². The Labute approximate surface area is 101 Å². The average Bonchev–Trinajstić information content (AvgIpc) is 2.17. The first kappa shape index (κ1) is 21.3. The molecule has 5 N–H and O–H groups in total. The maximum absolute atomic E-state index is 9.25. The minimum Gasteiger partial charge on any atom is -0.478 e. The summed E-state index contributed by atoms with van der Waals surface area (Å²) in [6, 6.07) is 0. The number of aliphatic hydroxyl groups is 4. The molecule has 0 saturated carbocycles. The largest absolute Gasteiger partial charge is 0.478 e. The standard InChI is InChI=1S/C4H10O3.C3H8O2.C3H4O2/c1-3(5)7-4(2)6;1-3(5)2-4;1-2-3(4)5/h3-6H,1-2H3;3-5H,2H2,1H3;2H,1H2,(H,4,5). The third-order valence-corrected chi connectivity index (χ3v) is 0.833. The average molecular weight is 254 g/mol. The van der Waals surface area contributed by atoms with Crippen molar-refractivity contribution in [2.75, 3.05) is 6.61 Å². The molecular formula is C10H22O7. The van der Waals surface area contributed by atoms with Crippen LogP contribution in [0, 0.1) is 0 Å². The highest BCUT2D eigenvalue weighted by Crippen LogP contribution is 1.87. The van der Waals surface area contributed by atoms with Crippen LogP contribution in [0.2, 0.25) is 0 Å². The van der Waals surface area contributed by atoms with Gasteiger partial charge in [0.1, 0.15) is 0 Å². The molecule has 0 radical (unpaired) electrons. The van der Waals surface area contributed by atoms with E-state index in [2.05, 4.69) is 11.3 Å². The van der Waals surface area contributed by atoms with Crippen LogP contribution >= 0.6 is 0 Å². The van der Waals surface area contributed by atoms with Gasteiger partial charge in [-0.05, 0) is 20.8 Å². The fraction of sp³-hybridized carbons (Fsp3) is 0.700. The van der Waals surface area contributed by atoms with Gasteiger partial charge in [-0.1, -0.05) is 6.58 Å². The van der Waals surface area contributed by atoms with Gasteiger partial charge in [-0.3, -0.25) is 0 Å². The van der Waals surface area contributed by atoms with Crippen LogP contribution in [0.4, 0.5) is 0 Å². The zero-order chi connectivity index (χ0) is 14.4. The quantitative estimate of drug-likeness (QED) is 0.331. The fourth-order valence-corrected chi connectivity index (χ4v) is 0.285. The maximum Gasteiger partial charge on any atom is 0.327 e. The van der Waals surface area contributed by atoms with E-state index in [0.717, 1.165) is 6.08 Å². The molecule has 7 heteroatoms. The van der Waals surface area contributed by atoms with Gasteiger partial charge in [0.2, 0.25) is 0 Å². The molecule has 0 rings (SSSR count). The molecule has 0 heterocycles. The van der Waals surface area contributed by atoms with Crippen molar-refractivity contribution in [3.8, 4) is 0 Å². The van der Waals surface area contributed by atoms with Crippen molar-refractivity contribution in [1.29, 1.82) is 0 Å². The summed E-state index contributed by atoms with van der Waals surface area (Å²) in [5.74, 6) is -0.981. The van der Waals surface area contributed by atoms with Gasteiger partial charge in [0.05, 0.1) is 12.7 Å². The predicted molar refractivity (Wildman–Crippen MR) is 61.0 cm³/mol. The molecule has 0 aliphatic heterocycles. The molecule has 0 fully saturated rings. The number of aliphatic hydroxyl groups excluding tert-OH is 4. The van der Waals surface area contributed by atoms with E-state index in [-0.39, 0.29) is 6.61 Å². The summed E-state index contributed by atoms with van der Waals surface area (Å²) in [5, 5.41) is 40.3. The molecule has 0 bridgehead atoms. The highest BCUT2D eigenvalue weighted by Gasteiger charge is 1.97. The van der Waals surface area contributed by atoms with Gasteiger partial charge in [-0.15, -0.1) is 0 Å². The van der Waals surface area contributed by atoms with Crippen LogP contribution in [-0.4, -0.2) is 56.8 Å². The predicted octanol–water partition coefficient (Wildman–Crippen LogP) is -0.704. The van der Waals surface area contributed by atoms with Crippen LogP contribution in [0.5, 0.6) is 0 Å². The molecule has 3 unspecified atom stereocenters. The molecule has 0 aromatic heterocycles. The van der Waals surface area contributed by atoms with E-state index in [9.17, 15) is 4.79 Å². The van der Waals surface area contributed by atoms with Crippen LogP contribution < -0.4 is 0 Å². The number of aliphatic carboxylic acids is 1. The van der Waals surface area contributed by atoms with E-state index < -0.39 is 24.7 Å². The first-order chi connectivity index (χ1) is 7.67. The number of hydrogen-bond acceptors (Lipinski definition) is 6. The van der Waals surface area contributed by atoms with Crippen LogP contribution in [0.1, 0.15) is 20.8 Å². The molecule has 7 nitrogen and oxygen atoms in total. The Morgan fingerprint density at radius 2 is 1.47 bits per heavy atom. The molecule has 0 aliphatic rings. The second-order valence-electron chi connectivity index (χ2n) is 2.91. The van der Waals surface area contributed by atoms with Crippen molar-refractivity contribution in [2.24, 2.45) is 0 Å². The van der Waals surface area contributed by atoms with E-state index in [1.807, 2.05) is 0 Å². The first-order valence-corrected chi connectivity index (χ1v) is 4.83. The Morgan fingerprint density at radius 3 is 1.47 bits per heavy atom. The number of ether oxygens (including phenoxy) is 1. The van der Waals surface area contributed by atoms with Gasteiger partial charge in [0.15, 0.2) is 12.6 Å². The summed E-state index contributed by atoms with van der Waals surface area (Å²) in [5.41, 5.74) is 0. The van der Waals surface area contributed by atoms with E-state index in [4.69, 9.17) is 25.5 Å². The Morgan fingerprint density at radius 1 is 1.24 bits per heavy atom. The zero-order valence-electron chi connectivity index (χ0n) is 10.3. The smallest absolute Gasteiger partial charge is 0.327 e. The lowest BCUT2D eigenvalue weighted by molar-refractivity contribution is -0.190. The van der Waals surface area contributed by atoms with E-state index in [1.54, 1.807) is 0 Å². The van der Waals surface area contributed by atoms with E-state index >= 15 is 0 Å². The van der Waals surface area contributed by atoms with Crippen molar-refractivity contribution in [3.05, 3.63) is 12.7 Å². The number of carbonyl (C=O) groups is 1. The summed E-state index contributed by atoms with van der Waals surface area (Å²) in [4.78, 5) is 9.25. The Balaban J connectivity index is -0.000000177. The van der Waals surface area contributed by atoms with Crippen molar-refractivity contribution in [2.45, 2.75) is 39.5 Å². The van der Waals surface area contributed by atoms with Crippen LogP contribution in [0.25, 0.3) is 0 Å². The highest BCUT2D eigenvalue weighted by molar-refractivity contribution is 5.78. The minimum absolute atomic E-state index is 0.139. The van der Waals surface area contributed by atoms with Gasteiger partial charge in [-0.2, -0.15) is 0 Å². The number of carboxylic acids is 1. The molecular weight excluding hydrogens is 232 g/mol. The Hall–Kier alpha value is -0.990. The molecule has 3 atom stereocenters. The summed E-state index contributed by atoms with van der Waals surface area (Å²) >= 11 is 0. The van der Waals surface area contributed by atoms with Gasteiger partial charge >= 0.3 is 5.97 Å².